The van der Waals surface area contributed by atoms with Gasteiger partial charge in [0.15, 0.2) is 0 Å². The minimum absolute atomic E-state index is 0.136. The predicted octanol–water partition coefficient (Wildman–Crippen LogP) is 1.35. The quantitative estimate of drug-likeness (QED) is 0.706. The van der Waals surface area contributed by atoms with Crippen molar-refractivity contribution in [1.29, 1.82) is 0 Å². The van der Waals surface area contributed by atoms with Crippen LogP contribution >= 0.6 is 0 Å². The van der Waals surface area contributed by atoms with E-state index in [-0.39, 0.29) is 6.04 Å². The Balaban J connectivity index is 2.44. The molecule has 0 aliphatic carbocycles. The van der Waals surface area contributed by atoms with Gasteiger partial charge in [0.1, 0.15) is 5.82 Å². The van der Waals surface area contributed by atoms with Crippen LogP contribution in [0.5, 0.6) is 0 Å². The molecular weight excluding hydrogens is 162 g/mol. The van der Waals surface area contributed by atoms with Gasteiger partial charge in [-0.3, -0.25) is 0 Å². The minimum Gasteiger partial charge on any atom is -0.361 e. The summed E-state index contributed by atoms with van der Waals surface area (Å²) in [6.07, 6.45) is 3.38. The zero-order valence-corrected chi connectivity index (χ0v) is 8.33. The summed E-state index contributed by atoms with van der Waals surface area (Å²) in [5.41, 5.74) is 7.17. The molecule has 1 aliphatic heterocycles. The van der Waals surface area contributed by atoms with Crippen molar-refractivity contribution in [2.75, 3.05) is 18.5 Å². The summed E-state index contributed by atoms with van der Waals surface area (Å²) in [4.78, 5) is 2.29. The summed E-state index contributed by atoms with van der Waals surface area (Å²) in [7, 11) is 2.14. The van der Waals surface area contributed by atoms with Crippen molar-refractivity contribution in [2.45, 2.75) is 25.9 Å². The van der Waals surface area contributed by atoms with Crippen LogP contribution in [-0.2, 0) is 6.54 Å². The Hall–Kier alpha value is -0.960. The summed E-state index contributed by atoms with van der Waals surface area (Å²) in [5.74, 6) is 1.31. The van der Waals surface area contributed by atoms with E-state index in [0.29, 0.717) is 0 Å². The number of anilines is 1. The molecule has 0 fully saturated rings. The van der Waals surface area contributed by atoms with Crippen LogP contribution in [0.4, 0.5) is 5.82 Å². The number of nitrogens with two attached hydrogens (primary N) is 1. The fourth-order valence-corrected chi connectivity index (χ4v) is 2.04. The first-order valence-electron chi connectivity index (χ1n) is 4.86. The van der Waals surface area contributed by atoms with Gasteiger partial charge in [0.05, 0.1) is 0 Å². The highest BCUT2D eigenvalue weighted by Crippen LogP contribution is 2.28. The van der Waals surface area contributed by atoms with Crippen molar-refractivity contribution < 1.29 is 0 Å². The molecule has 0 aromatic carbocycles. The Kier molecular flexibility index (Phi) is 2.04. The van der Waals surface area contributed by atoms with E-state index < -0.39 is 0 Å². The zero-order chi connectivity index (χ0) is 9.42. The van der Waals surface area contributed by atoms with Crippen LogP contribution in [-0.4, -0.2) is 18.2 Å². The maximum absolute atomic E-state index is 5.90. The van der Waals surface area contributed by atoms with Gasteiger partial charge < -0.3 is 15.2 Å². The summed E-state index contributed by atoms with van der Waals surface area (Å²) < 4.78 is 2.29. The molecule has 1 aromatic heterocycles. The number of rotatable bonds is 1. The number of hydrogen-bond donors (Lipinski definition) is 1. The monoisotopic (exact) mass is 179 g/mol. The molecule has 0 saturated carbocycles. The van der Waals surface area contributed by atoms with Crippen molar-refractivity contribution >= 4 is 5.82 Å². The van der Waals surface area contributed by atoms with E-state index in [1.165, 1.54) is 17.8 Å². The van der Waals surface area contributed by atoms with E-state index in [9.17, 15) is 0 Å². The van der Waals surface area contributed by atoms with Gasteiger partial charge in [-0.1, -0.05) is 0 Å². The van der Waals surface area contributed by atoms with Gasteiger partial charge in [-0.2, -0.15) is 0 Å². The van der Waals surface area contributed by atoms with Gasteiger partial charge in [0, 0.05) is 37.9 Å². The smallest absolute Gasteiger partial charge is 0.113 e. The average Bonchev–Trinajstić information content (AvgIpc) is 2.49. The summed E-state index contributed by atoms with van der Waals surface area (Å²) in [6.45, 7) is 4.31. The zero-order valence-electron chi connectivity index (χ0n) is 8.33. The molecule has 0 spiro atoms. The van der Waals surface area contributed by atoms with Crippen LogP contribution in [0.2, 0.25) is 0 Å². The van der Waals surface area contributed by atoms with Crippen molar-refractivity contribution in [3.05, 3.63) is 17.8 Å². The third-order valence-electron chi connectivity index (χ3n) is 2.71. The summed E-state index contributed by atoms with van der Waals surface area (Å²) in [5, 5.41) is 0. The first kappa shape index (κ1) is 8.63. The van der Waals surface area contributed by atoms with E-state index >= 15 is 0 Å². The number of nitrogens with zero attached hydrogens (tertiary/aromatic N) is 2. The van der Waals surface area contributed by atoms with Gasteiger partial charge in [-0.05, 0) is 19.4 Å². The Morgan fingerprint density at radius 3 is 2.92 bits per heavy atom. The van der Waals surface area contributed by atoms with E-state index in [0.717, 1.165) is 13.1 Å². The third kappa shape index (κ3) is 1.33. The second-order valence-corrected chi connectivity index (χ2v) is 3.85. The highest BCUT2D eigenvalue weighted by atomic mass is 15.2. The van der Waals surface area contributed by atoms with E-state index in [1.54, 1.807) is 0 Å². The van der Waals surface area contributed by atoms with Gasteiger partial charge in [-0.15, -0.1) is 0 Å². The van der Waals surface area contributed by atoms with E-state index in [1.807, 2.05) is 6.92 Å². The maximum atomic E-state index is 5.90. The number of fused-ring (bicyclic) bond motifs is 1. The molecule has 2 rings (SSSR count). The van der Waals surface area contributed by atoms with E-state index in [2.05, 4.69) is 28.8 Å². The standard InChI is InChI=1S/C10H17N3/c1-8(11)9-4-7-13-6-3-5-12(2)10(9)13/h4,7-8H,3,5-6,11H2,1-2H3. The first-order valence-corrected chi connectivity index (χ1v) is 4.86. The summed E-state index contributed by atoms with van der Waals surface area (Å²) in [6, 6.07) is 2.28. The highest BCUT2D eigenvalue weighted by molar-refractivity contribution is 5.51. The molecule has 2 N–H and O–H groups in total. The molecular formula is C10H17N3. The topological polar surface area (TPSA) is 34.2 Å². The molecule has 0 saturated heterocycles. The van der Waals surface area contributed by atoms with Crippen LogP contribution in [0, 0.1) is 0 Å². The van der Waals surface area contributed by atoms with Crippen LogP contribution in [0.3, 0.4) is 0 Å². The van der Waals surface area contributed by atoms with Crippen LogP contribution < -0.4 is 10.6 Å². The largest absolute Gasteiger partial charge is 0.361 e. The molecule has 1 atom stereocenters. The molecule has 0 radical (unpaired) electrons. The number of hydrogen-bond acceptors (Lipinski definition) is 2. The minimum atomic E-state index is 0.136. The molecule has 1 aliphatic rings. The summed E-state index contributed by atoms with van der Waals surface area (Å²) >= 11 is 0. The molecule has 3 heteroatoms. The Morgan fingerprint density at radius 1 is 1.46 bits per heavy atom. The number of aromatic nitrogens is 1. The Labute approximate surface area is 79.1 Å². The lowest BCUT2D eigenvalue weighted by Crippen LogP contribution is -2.29. The van der Waals surface area contributed by atoms with Gasteiger partial charge >= 0.3 is 0 Å². The molecule has 0 amide bonds. The van der Waals surface area contributed by atoms with Crippen molar-refractivity contribution in [1.82, 2.24) is 4.57 Å². The van der Waals surface area contributed by atoms with E-state index in [4.69, 9.17) is 5.73 Å². The average molecular weight is 179 g/mol. The van der Waals surface area contributed by atoms with Crippen LogP contribution in [0.15, 0.2) is 12.3 Å². The Bertz CT molecular complexity index is 301. The normalized spacial score (nSPS) is 18.5. The highest BCUT2D eigenvalue weighted by Gasteiger charge is 2.18. The van der Waals surface area contributed by atoms with Crippen molar-refractivity contribution in [3.63, 3.8) is 0 Å². The molecule has 1 aromatic rings. The lowest BCUT2D eigenvalue weighted by molar-refractivity contribution is 0.581. The Morgan fingerprint density at radius 2 is 2.23 bits per heavy atom. The SMILES string of the molecule is CC(N)c1ccn2c1N(C)CCC2. The number of aryl methyl sites for hydroxylation is 1. The second kappa shape index (κ2) is 3.07. The van der Waals surface area contributed by atoms with Gasteiger partial charge in [0.2, 0.25) is 0 Å². The second-order valence-electron chi connectivity index (χ2n) is 3.85. The third-order valence-corrected chi connectivity index (χ3v) is 2.71. The lowest BCUT2D eigenvalue weighted by atomic mass is 10.1. The molecule has 0 bridgehead atoms. The van der Waals surface area contributed by atoms with Crippen molar-refractivity contribution in [3.8, 4) is 0 Å². The van der Waals surface area contributed by atoms with Crippen LogP contribution in [0.25, 0.3) is 0 Å². The molecule has 72 valence electrons. The lowest BCUT2D eigenvalue weighted by Gasteiger charge is -2.28. The van der Waals surface area contributed by atoms with Gasteiger partial charge in [-0.25, -0.2) is 0 Å². The fourth-order valence-electron chi connectivity index (χ4n) is 2.04. The van der Waals surface area contributed by atoms with Crippen molar-refractivity contribution in [2.24, 2.45) is 5.73 Å². The predicted molar refractivity (Wildman–Crippen MR) is 54.9 cm³/mol. The molecule has 1 unspecified atom stereocenters. The first-order chi connectivity index (χ1) is 6.20. The molecule has 2 heterocycles. The molecule has 13 heavy (non-hydrogen) atoms. The molecule has 3 nitrogen and oxygen atoms in total. The van der Waals surface area contributed by atoms with Crippen LogP contribution in [0.1, 0.15) is 24.9 Å². The maximum Gasteiger partial charge on any atom is 0.113 e. The fraction of sp³-hybridized carbons (Fsp3) is 0.600. The van der Waals surface area contributed by atoms with Gasteiger partial charge in [0.25, 0.3) is 0 Å².